The predicted molar refractivity (Wildman–Crippen MR) is 71.7 cm³/mol. The number of fused-ring (bicyclic) bond motifs is 1. The first-order chi connectivity index (χ1) is 9.47. The number of pyridine rings is 1. The number of carbonyl (C=O) groups excluding carboxylic acids is 1. The average molecular weight is 294 g/mol. The van der Waals surface area contributed by atoms with Crippen molar-refractivity contribution >= 4 is 21.6 Å². The van der Waals surface area contributed by atoms with E-state index in [1.807, 2.05) is 0 Å². The molecule has 2 heterocycles. The Balaban J connectivity index is 1.86. The van der Waals surface area contributed by atoms with Crippen LogP contribution in [-0.2, 0) is 10.0 Å². The molecule has 0 radical (unpaired) electrons. The number of amides is 1. The third-order valence-corrected chi connectivity index (χ3v) is 5.38. The number of sulfonamides is 1. The lowest BCUT2D eigenvalue weighted by Gasteiger charge is -2.25. The smallest absolute Gasteiger partial charge is 0.266 e. The number of nitrogens with zero attached hydrogens (tertiary/aromatic N) is 3. The number of nitrogens with one attached hydrogen (secondary N) is 1. The van der Waals surface area contributed by atoms with Crippen LogP contribution in [0.4, 0.5) is 0 Å². The summed E-state index contributed by atoms with van der Waals surface area (Å²) in [7, 11) is -3.56. The van der Waals surface area contributed by atoms with Crippen LogP contribution in [0.15, 0.2) is 18.3 Å². The van der Waals surface area contributed by atoms with Crippen molar-refractivity contribution in [3.05, 3.63) is 29.7 Å². The maximum Gasteiger partial charge on any atom is 0.266 e. The van der Waals surface area contributed by atoms with Crippen LogP contribution in [0.25, 0.3) is 5.65 Å². The molecular formula is C12H14N4O3S. The summed E-state index contributed by atoms with van der Waals surface area (Å²) in [6.07, 6.45) is 3.67. The Bertz CT molecular complexity index is 777. The van der Waals surface area contributed by atoms with Gasteiger partial charge in [-0.25, -0.2) is 13.1 Å². The molecule has 3 rings (SSSR count). The summed E-state index contributed by atoms with van der Waals surface area (Å²) < 4.78 is 27.6. The van der Waals surface area contributed by atoms with Crippen LogP contribution in [-0.4, -0.2) is 34.2 Å². The van der Waals surface area contributed by atoms with Crippen LogP contribution in [0, 0.1) is 6.92 Å². The van der Waals surface area contributed by atoms with Gasteiger partial charge in [0.05, 0.1) is 10.8 Å². The van der Waals surface area contributed by atoms with Crippen molar-refractivity contribution < 1.29 is 13.2 Å². The molecule has 2 aromatic rings. The van der Waals surface area contributed by atoms with E-state index in [0.717, 1.165) is 6.42 Å². The Morgan fingerprint density at radius 3 is 2.75 bits per heavy atom. The van der Waals surface area contributed by atoms with Gasteiger partial charge in [0.2, 0.25) is 10.0 Å². The van der Waals surface area contributed by atoms with E-state index in [2.05, 4.69) is 14.9 Å². The van der Waals surface area contributed by atoms with Crippen molar-refractivity contribution in [1.29, 1.82) is 0 Å². The zero-order valence-corrected chi connectivity index (χ0v) is 11.7. The second-order valence-corrected chi connectivity index (χ2v) is 6.88. The third-order valence-electron chi connectivity index (χ3n) is 3.56. The van der Waals surface area contributed by atoms with Crippen LogP contribution < -0.4 is 4.72 Å². The van der Waals surface area contributed by atoms with Gasteiger partial charge >= 0.3 is 0 Å². The number of rotatable bonds is 3. The van der Waals surface area contributed by atoms with Gasteiger partial charge in [-0.05, 0) is 31.9 Å². The predicted octanol–water partition coefficient (Wildman–Crippen LogP) is 0.650. The lowest BCUT2D eigenvalue weighted by atomic mass is 10.0. The summed E-state index contributed by atoms with van der Waals surface area (Å²) in [6.45, 7) is 1.76. The van der Waals surface area contributed by atoms with Gasteiger partial charge in [0.1, 0.15) is 5.82 Å². The number of carbonyl (C=O) groups is 1. The Morgan fingerprint density at radius 2 is 2.10 bits per heavy atom. The molecule has 1 N–H and O–H groups in total. The van der Waals surface area contributed by atoms with Gasteiger partial charge in [0, 0.05) is 6.20 Å². The topological polar surface area (TPSA) is 93.4 Å². The fourth-order valence-corrected chi connectivity index (χ4v) is 3.59. The minimum absolute atomic E-state index is 0.267. The van der Waals surface area contributed by atoms with E-state index in [1.165, 1.54) is 12.3 Å². The van der Waals surface area contributed by atoms with Gasteiger partial charge in [0.15, 0.2) is 5.65 Å². The van der Waals surface area contributed by atoms with Crippen molar-refractivity contribution in [3.8, 4) is 0 Å². The summed E-state index contributed by atoms with van der Waals surface area (Å²) in [6, 6.07) is 3.17. The number of aromatic nitrogens is 3. The highest BCUT2D eigenvalue weighted by Crippen LogP contribution is 2.25. The van der Waals surface area contributed by atoms with Crippen LogP contribution in [0.2, 0.25) is 0 Å². The van der Waals surface area contributed by atoms with Crippen LogP contribution in [0.1, 0.15) is 35.4 Å². The van der Waals surface area contributed by atoms with Crippen molar-refractivity contribution in [2.75, 3.05) is 0 Å². The number of hydrogen-bond donors (Lipinski definition) is 1. The number of aryl methyl sites for hydroxylation is 1. The maximum absolute atomic E-state index is 12.0. The summed E-state index contributed by atoms with van der Waals surface area (Å²) in [5, 5.41) is 7.35. The molecule has 2 aromatic heterocycles. The minimum atomic E-state index is -3.56. The SMILES string of the molecule is Cc1nnc2ccc(C(=O)NS(=O)(=O)C3CCC3)cn12. The third kappa shape index (κ3) is 2.15. The minimum Gasteiger partial charge on any atom is -0.286 e. The molecule has 1 aliphatic rings. The van der Waals surface area contributed by atoms with Crippen LogP contribution in [0.3, 0.4) is 0 Å². The van der Waals surface area contributed by atoms with Crippen molar-refractivity contribution in [3.63, 3.8) is 0 Å². The maximum atomic E-state index is 12.0. The first-order valence-electron chi connectivity index (χ1n) is 6.35. The zero-order valence-electron chi connectivity index (χ0n) is 10.9. The first kappa shape index (κ1) is 13.0. The molecule has 20 heavy (non-hydrogen) atoms. The Hall–Kier alpha value is -1.96. The highest BCUT2D eigenvalue weighted by atomic mass is 32.2. The lowest BCUT2D eigenvalue weighted by Crippen LogP contribution is -2.41. The van der Waals surface area contributed by atoms with Gasteiger partial charge in [-0.2, -0.15) is 0 Å². The van der Waals surface area contributed by atoms with E-state index < -0.39 is 21.2 Å². The molecule has 0 bridgehead atoms. The molecule has 1 amide bonds. The van der Waals surface area contributed by atoms with E-state index in [4.69, 9.17) is 0 Å². The number of hydrogen-bond acceptors (Lipinski definition) is 5. The normalized spacial score (nSPS) is 16.1. The standard InChI is InChI=1S/C12H14N4O3S/c1-8-13-14-11-6-5-9(7-16(8)11)12(17)15-20(18,19)10-3-2-4-10/h5-7,10H,2-4H2,1H3,(H,15,17). The van der Waals surface area contributed by atoms with E-state index in [1.54, 1.807) is 17.4 Å². The molecular weight excluding hydrogens is 280 g/mol. The van der Waals surface area contributed by atoms with E-state index >= 15 is 0 Å². The highest BCUT2D eigenvalue weighted by molar-refractivity contribution is 7.90. The zero-order chi connectivity index (χ0) is 14.3. The average Bonchev–Trinajstić information content (AvgIpc) is 2.67. The molecule has 0 unspecified atom stereocenters. The molecule has 106 valence electrons. The van der Waals surface area contributed by atoms with Crippen LogP contribution >= 0.6 is 0 Å². The molecule has 7 nitrogen and oxygen atoms in total. The quantitative estimate of drug-likeness (QED) is 0.897. The van der Waals surface area contributed by atoms with Gasteiger partial charge < -0.3 is 0 Å². The van der Waals surface area contributed by atoms with Gasteiger partial charge in [-0.1, -0.05) is 6.42 Å². The molecule has 0 atom stereocenters. The fourth-order valence-electron chi connectivity index (χ4n) is 2.09. The van der Waals surface area contributed by atoms with Crippen LogP contribution in [0.5, 0.6) is 0 Å². The Morgan fingerprint density at radius 1 is 1.35 bits per heavy atom. The summed E-state index contributed by atoms with van der Waals surface area (Å²) in [4.78, 5) is 12.0. The first-order valence-corrected chi connectivity index (χ1v) is 7.89. The van der Waals surface area contributed by atoms with E-state index in [9.17, 15) is 13.2 Å². The second kappa shape index (κ2) is 4.55. The largest absolute Gasteiger partial charge is 0.286 e. The molecule has 1 saturated carbocycles. The van der Waals surface area contributed by atoms with Crippen molar-refractivity contribution in [1.82, 2.24) is 19.3 Å². The monoisotopic (exact) mass is 294 g/mol. The highest BCUT2D eigenvalue weighted by Gasteiger charge is 2.32. The van der Waals surface area contributed by atoms with Gasteiger partial charge in [-0.15, -0.1) is 10.2 Å². The summed E-state index contributed by atoms with van der Waals surface area (Å²) in [5.74, 6) is 0.0170. The summed E-state index contributed by atoms with van der Waals surface area (Å²) >= 11 is 0. The molecule has 8 heteroatoms. The molecule has 0 saturated heterocycles. The van der Waals surface area contributed by atoms with Gasteiger partial charge in [-0.3, -0.25) is 9.20 Å². The van der Waals surface area contributed by atoms with Crippen molar-refractivity contribution in [2.45, 2.75) is 31.4 Å². The Labute approximate surface area is 116 Å². The van der Waals surface area contributed by atoms with Crippen molar-refractivity contribution in [2.24, 2.45) is 0 Å². The molecule has 0 spiro atoms. The fraction of sp³-hybridized carbons (Fsp3) is 0.417. The Kier molecular flexibility index (Phi) is 2.97. The molecule has 1 fully saturated rings. The molecule has 0 aliphatic heterocycles. The molecule has 1 aliphatic carbocycles. The lowest BCUT2D eigenvalue weighted by molar-refractivity contribution is 0.0980. The summed E-state index contributed by atoms with van der Waals surface area (Å²) in [5.41, 5.74) is 0.879. The van der Waals surface area contributed by atoms with E-state index in [0.29, 0.717) is 24.3 Å². The van der Waals surface area contributed by atoms with Gasteiger partial charge in [0.25, 0.3) is 5.91 Å². The second-order valence-electron chi connectivity index (χ2n) is 4.92. The van der Waals surface area contributed by atoms with E-state index in [-0.39, 0.29) is 5.56 Å². The molecule has 0 aromatic carbocycles.